The van der Waals surface area contributed by atoms with E-state index in [2.05, 4.69) is 32.7 Å². The molecule has 68 valence electrons. The molecular weight excluding hydrogens is 136 g/mol. The maximum Gasteiger partial charge on any atom is 0.0297 e. The van der Waals surface area contributed by atoms with E-state index >= 15 is 0 Å². The van der Waals surface area contributed by atoms with Gasteiger partial charge in [-0.3, -0.25) is 4.90 Å². The van der Waals surface area contributed by atoms with Crippen LogP contribution in [0.5, 0.6) is 0 Å². The van der Waals surface area contributed by atoms with Crippen molar-refractivity contribution < 1.29 is 0 Å². The molecule has 1 unspecified atom stereocenters. The van der Waals surface area contributed by atoms with Crippen molar-refractivity contribution in [1.29, 1.82) is 0 Å². The molecule has 0 saturated carbocycles. The summed E-state index contributed by atoms with van der Waals surface area (Å²) in [5, 5.41) is 0. The van der Waals surface area contributed by atoms with Crippen LogP contribution in [0.4, 0.5) is 0 Å². The number of nitrogens with zero attached hydrogens (tertiary/aromatic N) is 1. The van der Waals surface area contributed by atoms with E-state index in [0.717, 1.165) is 19.5 Å². The standard InChI is InChI=1S/C9H22N2/c1-5-7-11(4)9(3,6-2)8-10/h5-8,10H2,1-4H3. The summed E-state index contributed by atoms with van der Waals surface area (Å²) in [4.78, 5) is 2.35. The molecule has 0 aromatic rings. The summed E-state index contributed by atoms with van der Waals surface area (Å²) >= 11 is 0. The van der Waals surface area contributed by atoms with Crippen LogP contribution in [0.3, 0.4) is 0 Å². The van der Waals surface area contributed by atoms with Crippen molar-refractivity contribution in [3.05, 3.63) is 0 Å². The second-order valence-electron chi connectivity index (χ2n) is 3.48. The highest BCUT2D eigenvalue weighted by molar-refractivity contribution is 4.83. The summed E-state index contributed by atoms with van der Waals surface area (Å²) < 4.78 is 0. The van der Waals surface area contributed by atoms with E-state index in [9.17, 15) is 0 Å². The molecule has 2 heteroatoms. The Morgan fingerprint density at radius 2 is 1.91 bits per heavy atom. The van der Waals surface area contributed by atoms with Gasteiger partial charge in [0.15, 0.2) is 0 Å². The van der Waals surface area contributed by atoms with E-state index in [0.29, 0.717) is 0 Å². The maximum atomic E-state index is 5.71. The van der Waals surface area contributed by atoms with Crippen LogP contribution in [0, 0.1) is 0 Å². The average Bonchev–Trinajstić information content (AvgIpc) is 2.03. The van der Waals surface area contributed by atoms with Gasteiger partial charge in [0.05, 0.1) is 0 Å². The quantitative estimate of drug-likeness (QED) is 0.656. The largest absolute Gasteiger partial charge is 0.329 e. The van der Waals surface area contributed by atoms with Crippen LogP contribution in [-0.2, 0) is 0 Å². The molecule has 2 nitrogen and oxygen atoms in total. The first-order valence-electron chi connectivity index (χ1n) is 4.52. The highest BCUT2D eigenvalue weighted by Crippen LogP contribution is 2.15. The molecule has 11 heavy (non-hydrogen) atoms. The van der Waals surface area contributed by atoms with Crippen LogP contribution >= 0.6 is 0 Å². The van der Waals surface area contributed by atoms with Gasteiger partial charge in [0.1, 0.15) is 0 Å². The third kappa shape index (κ3) is 2.80. The number of hydrogen-bond acceptors (Lipinski definition) is 2. The molecule has 0 spiro atoms. The molecule has 0 aliphatic heterocycles. The van der Waals surface area contributed by atoms with E-state index < -0.39 is 0 Å². The van der Waals surface area contributed by atoms with Crippen LogP contribution in [0.1, 0.15) is 33.6 Å². The first kappa shape index (κ1) is 10.9. The molecule has 0 rings (SSSR count). The molecule has 0 amide bonds. The second-order valence-corrected chi connectivity index (χ2v) is 3.48. The second kappa shape index (κ2) is 4.73. The average molecular weight is 158 g/mol. The van der Waals surface area contributed by atoms with Gasteiger partial charge in [-0.05, 0) is 33.4 Å². The Hall–Kier alpha value is -0.0800. The van der Waals surface area contributed by atoms with Crippen molar-refractivity contribution >= 4 is 0 Å². The zero-order chi connectivity index (χ0) is 8.91. The minimum atomic E-state index is 0.204. The molecule has 1 atom stereocenters. The van der Waals surface area contributed by atoms with Gasteiger partial charge in [-0.2, -0.15) is 0 Å². The molecule has 0 aromatic carbocycles. The maximum absolute atomic E-state index is 5.71. The van der Waals surface area contributed by atoms with Crippen LogP contribution < -0.4 is 5.73 Å². The molecule has 0 heterocycles. The van der Waals surface area contributed by atoms with Crippen LogP contribution in [-0.4, -0.2) is 30.6 Å². The molecule has 0 aromatic heterocycles. The SMILES string of the molecule is CCCN(C)C(C)(CC)CN. The van der Waals surface area contributed by atoms with Crippen LogP contribution in [0.15, 0.2) is 0 Å². The summed E-state index contributed by atoms with van der Waals surface area (Å²) in [5.74, 6) is 0. The number of hydrogen-bond donors (Lipinski definition) is 1. The highest BCUT2D eigenvalue weighted by Gasteiger charge is 2.24. The van der Waals surface area contributed by atoms with Crippen molar-refractivity contribution in [2.45, 2.75) is 39.2 Å². The topological polar surface area (TPSA) is 29.3 Å². The van der Waals surface area contributed by atoms with Crippen molar-refractivity contribution in [3.8, 4) is 0 Å². The summed E-state index contributed by atoms with van der Waals surface area (Å²) in [6.07, 6.45) is 2.33. The normalized spacial score (nSPS) is 16.9. The predicted molar refractivity (Wildman–Crippen MR) is 50.7 cm³/mol. The van der Waals surface area contributed by atoms with Gasteiger partial charge in [-0.1, -0.05) is 13.8 Å². The van der Waals surface area contributed by atoms with E-state index in [1.807, 2.05) is 0 Å². The fourth-order valence-electron chi connectivity index (χ4n) is 1.18. The van der Waals surface area contributed by atoms with E-state index in [-0.39, 0.29) is 5.54 Å². The van der Waals surface area contributed by atoms with Gasteiger partial charge in [0.2, 0.25) is 0 Å². The zero-order valence-electron chi connectivity index (χ0n) is 8.35. The summed E-state index contributed by atoms with van der Waals surface area (Å²) in [5.41, 5.74) is 5.91. The lowest BCUT2D eigenvalue weighted by Gasteiger charge is -2.37. The molecule has 0 radical (unpaired) electrons. The van der Waals surface area contributed by atoms with Gasteiger partial charge >= 0.3 is 0 Å². The first-order chi connectivity index (χ1) is 5.10. The van der Waals surface area contributed by atoms with Crippen molar-refractivity contribution in [2.75, 3.05) is 20.1 Å². The molecular formula is C9H22N2. The Morgan fingerprint density at radius 1 is 1.36 bits per heavy atom. The Morgan fingerprint density at radius 3 is 2.18 bits per heavy atom. The van der Waals surface area contributed by atoms with E-state index in [1.54, 1.807) is 0 Å². The molecule has 2 N–H and O–H groups in total. The Labute approximate surface area is 70.8 Å². The lowest BCUT2D eigenvalue weighted by molar-refractivity contribution is 0.140. The number of nitrogens with two attached hydrogens (primary N) is 1. The summed E-state index contributed by atoms with van der Waals surface area (Å²) in [6.45, 7) is 8.51. The molecule has 0 aliphatic carbocycles. The number of rotatable bonds is 5. The smallest absolute Gasteiger partial charge is 0.0297 e. The summed E-state index contributed by atoms with van der Waals surface area (Å²) in [7, 11) is 2.15. The first-order valence-corrected chi connectivity index (χ1v) is 4.52. The highest BCUT2D eigenvalue weighted by atomic mass is 15.2. The monoisotopic (exact) mass is 158 g/mol. The van der Waals surface area contributed by atoms with E-state index in [4.69, 9.17) is 5.73 Å². The van der Waals surface area contributed by atoms with Crippen LogP contribution in [0.25, 0.3) is 0 Å². The van der Waals surface area contributed by atoms with Crippen molar-refractivity contribution in [1.82, 2.24) is 4.90 Å². The fourth-order valence-corrected chi connectivity index (χ4v) is 1.18. The van der Waals surface area contributed by atoms with Gasteiger partial charge < -0.3 is 5.73 Å². The van der Waals surface area contributed by atoms with Crippen molar-refractivity contribution in [3.63, 3.8) is 0 Å². The minimum Gasteiger partial charge on any atom is -0.329 e. The summed E-state index contributed by atoms with van der Waals surface area (Å²) in [6, 6.07) is 0. The third-order valence-corrected chi connectivity index (χ3v) is 2.68. The van der Waals surface area contributed by atoms with Crippen molar-refractivity contribution in [2.24, 2.45) is 5.73 Å². The molecule has 0 fully saturated rings. The fraction of sp³-hybridized carbons (Fsp3) is 1.00. The lowest BCUT2D eigenvalue weighted by atomic mass is 9.97. The van der Waals surface area contributed by atoms with Gasteiger partial charge in [-0.15, -0.1) is 0 Å². The Kier molecular flexibility index (Phi) is 4.69. The Bertz CT molecular complexity index is 97.7. The van der Waals surface area contributed by atoms with Gasteiger partial charge in [0, 0.05) is 12.1 Å². The molecule has 0 saturated heterocycles. The predicted octanol–water partition coefficient (Wildman–Crippen LogP) is 1.46. The number of likely N-dealkylation sites (N-methyl/N-ethyl adjacent to an activating group) is 1. The minimum absolute atomic E-state index is 0.204. The van der Waals surface area contributed by atoms with Gasteiger partial charge in [-0.25, -0.2) is 0 Å². The van der Waals surface area contributed by atoms with Crippen LogP contribution in [0.2, 0.25) is 0 Å². The van der Waals surface area contributed by atoms with Gasteiger partial charge in [0.25, 0.3) is 0 Å². The third-order valence-electron chi connectivity index (χ3n) is 2.68. The Balaban J connectivity index is 4.00. The van der Waals surface area contributed by atoms with E-state index in [1.165, 1.54) is 6.42 Å². The lowest BCUT2D eigenvalue weighted by Crippen LogP contribution is -2.49. The zero-order valence-corrected chi connectivity index (χ0v) is 8.35. The molecule has 0 bridgehead atoms. The molecule has 0 aliphatic rings.